The van der Waals surface area contributed by atoms with Gasteiger partial charge in [-0.25, -0.2) is 4.79 Å². The number of hydrogen-bond donors (Lipinski definition) is 1. The largest absolute Gasteiger partial charge is 0.573 e. The minimum Gasteiger partial charge on any atom is -0.464 e. The van der Waals surface area contributed by atoms with E-state index in [-0.39, 0.29) is 16.6 Å². The van der Waals surface area contributed by atoms with Crippen molar-refractivity contribution < 1.29 is 27.4 Å². The predicted octanol–water partition coefficient (Wildman–Crippen LogP) is 2.21. The Hall–Kier alpha value is -2.51. The standard InChI is InChI=1S/C12H8F3NO4/c1-19-11(18)7-5-8(17)6-3-2-4-9(10(6)16-7)20-12(13,14)15/h2-5H,1H3,(H,16,17). The number of ether oxygens (including phenoxy) is 2. The van der Waals surface area contributed by atoms with E-state index in [1.807, 2.05) is 0 Å². The summed E-state index contributed by atoms with van der Waals surface area (Å²) >= 11 is 0. The van der Waals surface area contributed by atoms with Gasteiger partial charge in [0.05, 0.1) is 12.6 Å². The van der Waals surface area contributed by atoms with Gasteiger partial charge in [-0.15, -0.1) is 13.2 Å². The smallest absolute Gasteiger partial charge is 0.464 e. The predicted molar refractivity (Wildman–Crippen MR) is 62.6 cm³/mol. The van der Waals surface area contributed by atoms with Gasteiger partial charge in [-0.1, -0.05) is 6.07 Å². The number of rotatable bonds is 2. The van der Waals surface area contributed by atoms with Crippen molar-refractivity contribution in [2.24, 2.45) is 0 Å². The van der Waals surface area contributed by atoms with Crippen LogP contribution in [0.1, 0.15) is 10.5 Å². The number of benzene rings is 1. The van der Waals surface area contributed by atoms with E-state index >= 15 is 0 Å². The quantitative estimate of drug-likeness (QED) is 0.860. The molecule has 106 valence electrons. The van der Waals surface area contributed by atoms with Gasteiger partial charge in [0.2, 0.25) is 0 Å². The molecule has 0 saturated carbocycles. The van der Waals surface area contributed by atoms with Crippen LogP contribution in [0.25, 0.3) is 10.9 Å². The van der Waals surface area contributed by atoms with Crippen molar-refractivity contribution in [1.82, 2.24) is 4.98 Å². The van der Waals surface area contributed by atoms with E-state index < -0.39 is 23.5 Å². The number of aromatic amines is 1. The Morgan fingerprint density at radius 3 is 2.60 bits per heavy atom. The third-order valence-corrected chi connectivity index (χ3v) is 2.46. The molecule has 0 saturated heterocycles. The first-order valence-corrected chi connectivity index (χ1v) is 5.32. The molecule has 2 rings (SSSR count). The first kappa shape index (κ1) is 13.9. The first-order chi connectivity index (χ1) is 9.31. The average Bonchev–Trinajstić information content (AvgIpc) is 2.37. The van der Waals surface area contributed by atoms with Crippen LogP contribution in [-0.4, -0.2) is 24.4 Å². The van der Waals surface area contributed by atoms with Crippen LogP contribution in [0.2, 0.25) is 0 Å². The highest BCUT2D eigenvalue weighted by atomic mass is 19.4. The third-order valence-electron chi connectivity index (χ3n) is 2.46. The number of esters is 1. The van der Waals surface area contributed by atoms with Gasteiger partial charge in [0.1, 0.15) is 5.69 Å². The molecule has 0 spiro atoms. The van der Waals surface area contributed by atoms with Gasteiger partial charge in [-0.05, 0) is 12.1 Å². The van der Waals surface area contributed by atoms with Gasteiger partial charge in [-0.3, -0.25) is 4.79 Å². The van der Waals surface area contributed by atoms with E-state index in [1.165, 1.54) is 12.1 Å². The molecule has 2 aromatic rings. The normalized spacial score (nSPS) is 11.4. The Morgan fingerprint density at radius 2 is 2.00 bits per heavy atom. The SMILES string of the molecule is COC(=O)c1cc(=O)c2cccc(OC(F)(F)F)c2[nH]1. The van der Waals surface area contributed by atoms with Crippen molar-refractivity contribution in [2.45, 2.75) is 6.36 Å². The van der Waals surface area contributed by atoms with Crippen LogP contribution in [-0.2, 0) is 4.74 Å². The Labute approximate surface area is 109 Å². The van der Waals surface area contributed by atoms with Gasteiger partial charge in [0.25, 0.3) is 0 Å². The van der Waals surface area contributed by atoms with Crippen molar-refractivity contribution in [3.63, 3.8) is 0 Å². The summed E-state index contributed by atoms with van der Waals surface area (Å²) in [7, 11) is 1.09. The minimum absolute atomic E-state index is 0.0283. The van der Waals surface area contributed by atoms with Crippen LogP contribution in [0.3, 0.4) is 0 Å². The lowest BCUT2D eigenvalue weighted by Crippen LogP contribution is -2.18. The second kappa shape index (κ2) is 4.87. The molecule has 0 unspecified atom stereocenters. The maximum absolute atomic E-state index is 12.3. The number of halogens is 3. The van der Waals surface area contributed by atoms with E-state index in [0.29, 0.717) is 0 Å². The number of fused-ring (bicyclic) bond motifs is 1. The highest BCUT2D eigenvalue weighted by Crippen LogP contribution is 2.28. The van der Waals surface area contributed by atoms with Crippen LogP contribution in [0, 0.1) is 0 Å². The molecule has 1 heterocycles. The summed E-state index contributed by atoms with van der Waals surface area (Å²) in [5.41, 5.74) is -1.10. The first-order valence-electron chi connectivity index (χ1n) is 5.32. The van der Waals surface area contributed by atoms with Gasteiger partial charge in [0.15, 0.2) is 11.2 Å². The lowest BCUT2D eigenvalue weighted by molar-refractivity contribution is -0.274. The van der Waals surface area contributed by atoms with Crippen molar-refractivity contribution in [3.05, 3.63) is 40.2 Å². The van der Waals surface area contributed by atoms with Crippen LogP contribution >= 0.6 is 0 Å². The molecule has 1 aromatic heterocycles. The Balaban J connectivity index is 2.68. The molecule has 0 aliphatic carbocycles. The number of H-pyrrole nitrogens is 1. The molecule has 0 radical (unpaired) electrons. The second-order valence-corrected chi connectivity index (χ2v) is 3.77. The Morgan fingerprint density at radius 1 is 1.30 bits per heavy atom. The molecule has 1 N–H and O–H groups in total. The number of aromatic nitrogens is 1. The number of carbonyl (C=O) groups excluding carboxylic acids is 1. The van der Waals surface area contributed by atoms with Crippen molar-refractivity contribution in [3.8, 4) is 5.75 Å². The summed E-state index contributed by atoms with van der Waals surface area (Å²) in [5.74, 6) is -1.47. The van der Waals surface area contributed by atoms with Gasteiger partial charge in [0, 0.05) is 11.5 Å². The highest BCUT2D eigenvalue weighted by molar-refractivity contribution is 5.92. The number of pyridine rings is 1. The lowest BCUT2D eigenvalue weighted by Gasteiger charge is -2.11. The summed E-state index contributed by atoms with van der Waals surface area (Å²) in [5, 5.41) is -0.0283. The molecule has 0 amide bonds. The number of hydrogen-bond acceptors (Lipinski definition) is 4. The second-order valence-electron chi connectivity index (χ2n) is 3.77. The van der Waals surface area contributed by atoms with Crippen molar-refractivity contribution in [2.75, 3.05) is 7.11 Å². The molecule has 0 bridgehead atoms. The summed E-state index contributed by atoms with van der Waals surface area (Å²) in [6.07, 6.45) is -4.91. The molecule has 1 aromatic carbocycles. The molecular formula is C12H8F3NO4. The average molecular weight is 287 g/mol. The lowest BCUT2D eigenvalue weighted by atomic mass is 10.2. The number of alkyl halides is 3. The highest BCUT2D eigenvalue weighted by Gasteiger charge is 2.32. The zero-order valence-electron chi connectivity index (χ0n) is 10.1. The fourth-order valence-corrected chi connectivity index (χ4v) is 1.67. The van der Waals surface area contributed by atoms with Gasteiger partial charge < -0.3 is 14.5 Å². The van der Waals surface area contributed by atoms with E-state index in [1.54, 1.807) is 0 Å². The molecule has 20 heavy (non-hydrogen) atoms. The maximum Gasteiger partial charge on any atom is 0.573 e. The van der Waals surface area contributed by atoms with Crippen LogP contribution in [0.5, 0.6) is 5.75 Å². The van der Waals surface area contributed by atoms with E-state index in [9.17, 15) is 22.8 Å². The Kier molecular flexibility index (Phi) is 3.39. The molecule has 5 nitrogen and oxygen atoms in total. The fraction of sp³-hybridized carbons (Fsp3) is 0.167. The van der Waals surface area contributed by atoms with Crippen molar-refractivity contribution >= 4 is 16.9 Å². The van der Waals surface area contributed by atoms with E-state index in [2.05, 4.69) is 14.5 Å². The molecule has 0 fully saturated rings. The monoisotopic (exact) mass is 287 g/mol. The van der Waals surface area contributed by atoms with Crippen molar-refractivity contribution in [1.29, 1.82) is 0 Å². The van der Waals surface area contributed by atoms with E-state index in [0.717, 1.165) is 19.2 Å². The number of para-hydroxylation sites is 1. The molecule has 8 heteroatoms. The van der Waals surface area contributed by atoms with E-state index in [4.69, 9.17) is 0 Å². The maximum atomic E-state index is 12.3. The molecule has 0 aliphatic rings. The van der Waals surface area contributed by atoms with Crippen LogP contribution in [0.4, 0.5) is 13.2 Å². The fourth-order valence-electron chi connectivity index (χ4n) is 1.67. The number of methoxy groups -OCH3 is 1. The number of carbonyl (C=O) groups is 1. The minimum atomic E-state index is -4.91. The molecule has 0 atom stereocenters. The summed E-state index contributed by atoms with van der Waals surface area (Å²) in [6, 6.07) is 4.55. The van der Waals surface area contributed by atoms with Crippen LogP contribution in [0.15, 0.2) is 29.1 Å². The molecular weight excluding hydrogens is 279 g/mol. The zero-order valence-corrected chi connectivity index (χ0v) is 10.1. The molecule has 0 aliphatic heterocycles. The third kappa shape index (κ3) is 2.73. The Bertz CT molecular complexity index is 721. The topological polar surface area (TPSA) is 68.4 Å². The van der Waals surface area contributed by atoms with Gasteiger partial charge >= 0.3 is 12.3 Å². The number of nitrogens with one attached hydrogen (secondary N) is 1. The van der Waals surface area contributed by atoms with Crippen LogP contribution < -0.4 is 10.2 Å². The summed E-state index contributed by atoms with van der Waals surface area (Å²) in [4.78, 5) is 25.5. The van der Waals surface area contributed by atoms with Gasteiger partial charge in [-0.2, -0.15) is 0 Å². The summed E-state index contributed by atoms with van der Waals surface area (Å²) < 4.78 is 45.1. The zero-order chi connectivity index (χ0) is 14.9. The summed E-state index contributed by atoms with van der Waals surface area (Å²) in [6.45, 7) is 0.